The molecule has 0 bridgehead atoms. The first-order valence-electron chi connectivity index (χ1n) is 5.41. The number of nitrogens with zero attached hydrogens (tertiary/aromatic N) is 1. The van der Waals surface area contributed by atoms with Crippen LogP contribution in [0.4, 0.5) is 13.2 Å². The zero-order chi connectivity index (χ0) is 13.1. The molecule has 96 valence electrons. The van der Waals surface area contributed by atoms with Crippen molar-refractivity contribution in [3.05, 3.63) is 41.7 Å². The molecule has 0 aliphatic carbocycles. The molecule has 2 aromatic rings. The Labute approximate surface area is 102 Å². The van der Waals surface area contributed by atoms with Crippen molar-refractivity contribution in [1.29, 1.82) is 0 Å². The fourth-order valence-corrected chi connectivity index (χ4v) is 1.56. The highest BCUT2D eigenvalue weighted by Gasteiger charge is 2.16. The first-order valence-corrected chi connectivity index (χ1v) is 5.41. The molecule has 1 aromatic carbocycles. The molecule has 6 heteroatoms. The number of oxazole rings is 1. The molecule has 0 amide bonds. The third-order valence-electron chi connectivity index (χ3n) is 2.43. The van der Waals surface area contributed by atoms with Crippen LogP contribution in [0.5, 0.6) is 0 Å². The van der Waals surface area contributed by atoms with Crippen LogP contribution in [0, 0.1) is 17.5 Å². The van der Waals surface area contributed by atoms with Crippen molar-refractivity contribution in [3.63, 3.8) is 0 Å². The van der Waals surface area contributed by atoms with Crippen LogP contribution in [-0.2, 0) is 6.54 Å². The van der Waals surface area contributed by atoms with Crippen LogP contribution in [0.3, 0.4) is 0 Å². The first kappa shape index (κ1) is 12.6. The monoisotopic (exact) mass is 256 g/mol. The predicted molar refractivity (Wildman–Crippen MR) is 59.2 cm³/mol. The highest BCUT2D eigenvalue weighted by molar-refractivity contribution is 5.59. The first-order chi connectivity index (χ1) is 8.63. The molecule has 3 nitrogen and oxygen atoms in total. The number of rotatable bonds is 4. The van der Waals surface area contributed by atoms with Crippen LogP contribution in [0.15, 0.2) is 22.9 Å². The van der Waals surface area contributed by atoms with Crippen LogP contribution < -0.4 is 5.32 Å². The van der Waals surface area contributed by atoms with Gasteiger partial charge in [-0.3, -0.25) is 0 Å². The van der Waals surface area contributed by atoms with Crippen LogP contribution in [0.25, 0.3) is 11.3 Å². The Bertz CT molecular complexity index is 531. The minimum Gasteiger partial charge on any atom is -0.443 e. The van der Waals surface area contributed by atoms with Crippen molar-refractivity contribution >= 4 is 0 Å². The van der Waals surface area contributed by atoms with Gasteiger partial charge < -0.3 is 9.73 Å². The largest absolute Gasteiger partial charge is 0.443 e. The Morgan fingerprint density at radius 2 is 1.89 bits per heavy atom. The molecule has 0 fully saturated rings. The van der Waals surface area contributed by atoms with Crippen molar-refractivity contribution in [1.82, 2.24) is 10.3 Å². The van der Waals surface area contributed by atoms with E-state index in [2.05, 4.69) is 10.3 Å². The minimum absolute atomic E-state index is 0.122. The van der Waals surface area contributed by atoms with Gasteiger partial charge in [-0.2, -0.15) is 0 Å². The van der Waals surface area contributed by atoms with Gasteiger partial charge in [0.25, 0.3) is 0 Å². The number of halogens is 3. The highest BCUT2D eigenvalue weighted by atomic mass is 19.2. The molecule has 0 aliphatic rings. The second-order valence-corrected chi connectivity index (χ2v) is 3.66. The Hall–Kier alpha value is -1.82. The van der Waals surface area contributed by atoms with Gasteiger partial charge in [0.2, 0.25) is 0 Å². The molecule has 0 unspecified atom stereocenters. The number of benzene rings is 1. The quantitative estimate of drug-likeness (QED) is 0.855. The summed E-state index contributed by atoms with van der Waals surface area (Å²) in [4.78, 5) is 3.94. The van der Waals surface area contributed by atoms with Gasteiger partial charge in [-0.1, -0.05) is 6.92 Å². The van der Waals surface area contributed by atoms with Gasteiger partial charge in [-0.05, 0) is 18.7 Å². The molecule has 0 aliphatic heterocycles. The maximum Gasteiger partial charge on any atom is 0.194 e. The molecule has 1 N–H and O–H groups in total. The number of aromatic nitrogens is 1. The van der Waals surface area contributed by atoms with Crippen LogP contribution >= 0.6 is 0 Å². The third-order valence-corrected chi connectivity index (χ3v) is 2.43. The Morgan fingerprint density at radius 1 is 1.22 bits per heavy atom. The van der Waals surface area contributed by atoms with E-state index in [0.29, 0.717) is 12.2 Å². The SMILES string of the molecule is CCNCc1ncoc1-c1cc(F)c(F)c(F)c1. The zero-order valence-corrected chi connectivity index (χ0v) is 9.64. The second-order valence-electron chi connectivity index (χ2n) is 3.66. The lowest BCUT2D eigenvalue weighted by molar-refractivity contribution is 0.447. The molecule has 0 atom stereocenters. The molecule has 1 heterocycles. The van der Waals surface area contributed by atoms with Gasteiger partial charge in [0.15, 0.2) is 29.6 Å². The molecule has 0 saturated heterocycles. The van der Waals surface area contributed by atoms with E-state index < -0.39 is 17.5 Å². The summed E-state index contributed by atoms with van der Waals surface area (Å²) in [5.74, 6) is -3.77. The van der Waals surface area contributed by atoms with Gasteiger partial charge >= 0.3 is 0 Å². The Morgan fingerprint density at radius 3 is 2.50 bits per heavy atom. The third kappa shape index (κ3) is 2.38. The molecule has 0 spiro atoms. The van der Waals surface area contributed by atoms with E-state index in [1.807, 2.05) is 6.92 Å². The van der Waals surface area contributed by atoms with Gasteiger partial charge in [-0.15, -0.1) is 0 Å². The molecule has 2 rings (SSSR count). The number of nitrogens with one attached hydrogen (secondary N) is 1. The number of hydrogen-bond acceptors (Lipinski definition) is 3. The van der Waals surface area contributed by atoms with Crippen LogP contribution in [-0.4, -0.2) is 11.5 Å². The summed E-state index contributed by atoms with van der Waals surface area (Å²) in [5, 5.41) is 3.02. The van der Waals surface area contributed by atoms with E-state index >= 15 is 0 Å². The van der Waals surface area contributed by atoms with Gasteiger partial charge in [-0.25, -0.2) is 18.2 Å². The molecule has 0 radical (unpaired) electrons. The van der Waals surface area contributed by atoms with Crippen LogP contribution in [0.1, 0.15) is 12.6 Å². The van der Waals surface area contributed by atoms with Crippen molar-refractivity contribution in [2.45, 2.75) is 13.5 Å². The van der Waals surface area contributed by atoms with E-state index in [0.717, 1.165) is 18.7 Å². The number of hydrogen-bond donors (Lipinski definition) is 1. The fourth-order valence-electron chi connectivity index (χ4n) is 1.56. The average Bonchev–Trinajstić information content (AvgIpc) is 2.81. The lowest BCUT2D eigenvalue weighted by Gasteiger charge is -2.03. The Kier molecular flexibility index (Phi) is 3.66. The molecular weight excluding hydrogens is 245 g/mol. The van der Waals surface area contributed by atoms with Gasteiger partial charge in [0.05, 0.1) is 0 Å². The molecule has 1 aromatic heterocycles. The lowest BCUT2D eigenvalue weighted by atomic mass is 10.1. The lowest BCUT2D eigenvalue weighted by Crippen LogP contribution is -2.12. The predicted octanol–water partition coefficient (Wildman–Crippen LogP) is 2.87. The fraction of sp³-hybridized carbons (Fsp3) is 0.250. The zero-order valence-electron chi connectivity index (χ0n) is 9.64. The second kappa shape index (κ2) is 5.22. The maximum atomic E-state index is 13.1. The van der Waals surface area contributed by atoms with E-state index in [1.165, 1.54) is 6.39 Å². The van der Waals surface area contributed by atoms with E-state index in [1.54, 1.807) is 0 Å². The van der Waals surface area contributed by atoms with E-state index in [9.17, 15) is 13.2 Å². The summed E-state index contributed by atoms with van der Waals surface area (Å²) in [6.45, 7) is 3.04. The van der Waals surface area contributed by atoms with Gasteiger partial charge in [0, 0.05) is 12.1 Å². The summed E-state index contributed by atoms with van der Waals surface area (Å²) in [7, 11) is 0. The van der Waals surface area contributed by atoms with E-state index in [-0.39, 0.29) is 11.3 Å². The van der Waals surface area contributed by atoms with E-state index in [4.69, 9.17) is 4.42 Å². The molecular formula is C12H11F3N2O. The van der Waals surface area contributed by atoms with Crippen molar-refractivity contribution < 1.29 is 17.6 Å². The minimum atomic E-state index is -1.49. The Balaban J connectivity index is 2.40. The summed E-state index contributed by atoms with van der Waals surface area (Å²) in [6, 6.07) is 1.77. The normalized spacial score (nSPS) is 10.9. The standard InChI is InChI=1S/C12H11F3N2O/c1-2-16-5-10-12(18-6-17-10)7-3-8(13)11(15)9(14)4-7/h3-4,6,16H,2,5H2,1H3. The summed E-state index contributed by atoms with van der Waals surface area (Å²) in [5.41, 5.74) is 0.638. The molecule has 18 heavy (non-hydrogen) atoms. The maximum absolute atomic E-state index is 13.1. The van der Waals surface area contributed by atoms with Crippen molar-refractivity contribution in [3.8, 4) is 11.3 Å². The summed E-state index contributed by atoms with van der Waals surface area (Å²) in [6.07, 6.45) is 1.18. The summed E-state index contributed by atoms with van der Waals surface area (Å²) < 4.78 is 44.2. The topological polar surface area (TPSA) is 38.1 Å². The average molecular weight is 256 g/mol. The van der Waals surface area contributed by atoms with Crippen LogP contribution in [0.2, 0.25) is 0 Å². The van der Waals surface area contributed by atoms with Crippen molar-refractivity contribution in [2.24, 2.45) is 0 Å². The molecule has 0 saturated carbocycles. The van der Waals surface area contributed by atoms with Gasteiger partial charge in [0.1, 0.15) is 5.69 Å². The van der Waals surface area contributed by atoms with Crippen molar-refractivity contribution in [2.75, 3.05) is 6.54 Å². The smallest absolute Gasteiger partial charge is 0.194 e. The summed E-state index contributed by atoms with van der Waals surface area (Å²) >= 11 is 0. The highest BCUT2D eigenvalue weighted by Crippen LogP contribution is 2.26.